The van der Waals surface area contributed by atoms with Crippen molar-refractivity contribution in [3.63, 3.8) is 0 Å². The largest absolute Gasteiger partial charge is 0.487 e. The fraction of sp³-hybridized carbons (Fsp3) is 0.308. The van der Waals surface area contributed by atoms with Gasteiger partial charge in [-0.25, -0.2) is 9.18 Å². The van der Waals surface area contributed by atoms with Crippen LogP contribution in [0, 0.1) is 18.2 Å². The normalized spacial score (nSPS) is 12.9. The van der Waals surface area contributed by atoms with Gasteiger partial charge in [-0.05, 0) is 59.2 Å². The van der Waals surface area contributed by atoms with E-state index in [2.05, 4.69) is 5.32 Å². The quantitative estimate of drug-likeness (QED) is 0.408. The Kier molecular flexibility index (Phi) is 7.10. The highest BCUT2D eigenvalue weighted by Gasteiger charge is 2.34. The van der Waals surface area contributed by atoms with Gasteiger partial charge >= 0.3 is 12.1 Å². The first-order valence-electron chi connectivity index (χ1n) is 10.7. The highest BCUT2D eigenvalue weighted by molar-refractivity contribution is 6.05. The minimum Gasteiger partial charge on any atom is -0.487 e. The maximum atomic E-state index is 14.1. The lowest BCUT2D eigenvalue weighted by Gasteiger charge is -2.28. The molecule has 0 aliphatic rings. The van der Waals surface area contributed by atoms with E-state index in [-0.39, 0.29) is 17.9 Å². The number of fused-ring (bicyclic) bond motifs is 1. The van der Waals surface area contributed by atoms with E-state index in [1.807, 2.05) is 0 Å². The molecule has 2 N–H and O–H groups in total. The van der Waals surface area contributed by atoms with E-state index in [1.165, 1.54) is 36.4 Å². The standard InChI is InChI=1S/C26H25F4NO4/c1-14-11-19-16(12-20(14)27)7-10-18(23(32)31-22(24(33)34)25(2,3)4)21(19)35-13-15-5-8-17(9-6-15)26(28,29)30/h5-12,22H,13H2,1-4H3,(H,31,32)(H,33,34)/t22-/m1/s1. The van der Waals surface area contributed by atoms with Crippen LogP contribution in [0.1, 0.15) is 47.8 Å². The van der Waals surface area contributed by atoms with Gasteiger partial charge in [-0.15, -0.1) is 0 Å². The minimum atomic E-state index is -4.48. The number of amides is 1. The third kappa shape index (κ3) is 5.90. The molecule has 186 valence electrons. The second kappa shape index (κ2) is 9.56. The molecule has 3 rings (SSSR count). The van der Waals surface area contributed by atoms with Crippen LogP contribution in [0.5, 0.6) is 5.75 Å². The zero-order valence-corrected chi connectivity index (χ0v) is 19.6. The number of nitrogens with one attached hydrogen (secondary N) is 1. The smallest absolute Gasteiger partial charge is 0.416 e. The van der Waals surface area contributed by atoms with Gasteiger partial charge in [0.25, 0.3) is 5.91 Å². The molecule has 0 aromatic heterocycles. The molecule has 0 saturated carbocycles. The van der Waals surface area contributed by atoms with Crippen molar-refractivity contribution in [2.75, 3.05) is 0 Å². The van der Waals surface area contributed by atoms with Crippen LogP contribution < -0.4 is 10.1 Å². The van der Waals surface area contributed by atoms with Crippen molar-refractivity contribution in [2.45, 2.75) is 46.5 Å². The summed E-state index contributed by atoms with van der Waals surface area (Å²) < 4.78 is 58.6. The van der Waals surface area contributed by atoms with Crippen LogP contribution in [0.2, 0.25) is 0 Å². The van der Waals surface area contributed by atoms with E-state index in [9.17, 15) is 32.3 Å². The number of halogens is 4. The Balaban J connectivity index is 2.01. The van der Waals surface area contributed by atoms with Crippen molar-refractivity contribution in [3.05, 3.63) is 76.6 Å². The molecule has 0 saturated heterocycles. The molecule has 0 radical (unpaired) electrons. The summed E-state index contributed by atoms with van der Waals surface area (Å²) in [6, 6.07) is 8.88. The van der Waals surface area contributed by atoms with Gasteiger partial charge < -0.3 is 15.2 Å². The summed E-state index contributed by atoms with van der Waals surface area (Å²) in [6.07, 6.45) is -4.48. The molecule has 0 fully saturated rings. The summed E-state index contributed by atoms with van der Waals surface area (Å²) in [4.78, 5) is 24.9. The Morgan fingerprint density at radius 1 is 1.03 bits per heavy atom. The summed E-state index contributed by atoms with van der Waals surface area (Å²) in [5, 5.41) is 12.9. The molecular formula is C26H25F4NO4. The molecule has 1 amide bonds. The molecule has 9 heteroatoms. The zero-order valence-electron chi connectivity index (χ0n) is 19.6. The SMILES string of the molecule is Cc1cc2c(OCc3ccc(C(F)(F)F)cc3)c(C(=O)N[C@H](C(=O)O)C(C)(C)C)ccc2cc1F. The minimum absolute atomic E-state index is 0.0194. The second-order valence-electron chi connectivity index (χ2n) is 9.36. The topological polar surface area (TPSA) is 75.6 Å². The van der Waals surface area contributed by atoms with Gasteiger partial charge in [-0.2, -0.15) is 13.2 Å². The van der Waals surface area contributed by atoms with E-state index in [0.717, 1.165) is 12.1 Å². The van der Waals surface area contributed by atoms with Crippen LogP contribution >= 0.6 is 0 Å². The number of benzene rings is 3. The third-order valence-electron chi connectivity index (χ3n) is 5.55. The number of ether oxygens (including phenoxy) is 1. The molecule has 3 aromatic carbocycles. The summed E-state index contributed by atoms with van der Waals surface area (Å²) in [5.74, 6) is -2.31. The van der Waals surface area contributed by atoms with Gasteiger partial charge in [0.1, 0.15) is 24.2 Å². The van der Waals surface area contributed by atoms with Crippen molar-refractivity contribution in [1.29, 1.82) is 0 Å². The van der Waals surface area contributed by atoms with Gasteiger partial charge in [0, 0.05) is 5.39 Å². The number of carbonyl (C=O) groups is 2. The number of carbonyl (C=O) groups excluding carboxylic acids is 1. The maximum absolute atomic E-state index is 14.1. The van der Waals surface area contributed by atoms with Crippen LogP contribution in [0.15, 0.2) is 48.5 Å². The summed E-state index contributed by atoms with van der Waals surface area (Å²) in [6.45, 7) is 6.37. The first-order valence-corrected chi connectivity index (χ1v) is 10.7. The van der Waals surface area contributed by atoms with Gasteiger partial charge in [-0.1, -0.05) is 39.0 Å². The van der Waals surface area contributed by atoms with Gasteiger partial charge in [0.05, 0.1) is 11.1 Å². The highest BCUT2D eigenvalue weighted by Crippen LogP contribution is 2.34. The average molecular weight is 491 g/mol. The van der Waals surface area contributed by atoms with E-state index < -0.39 is 40.9 Å². The second-order valence-corrected chi connectivity index (χ2v) is 9.36. The molecule has 35 heavy (non-hydrogen) atoms. The third-order valence-corrected chi connectivity index (χ3v) is 5.55. The predicted molar refractivity (Wildman–Crippen MR) is 123 cm³/mol. The highest BCUT2D eigenvalue weighted by atomic mass is 19.4. The molecule has 3 aromatic rings. The summed E-state index contributed by atoms with van der Waals surface area (Å²) in [7, 11) is 0. The molecule has 0 aliphatic heterocycles. The van der Waals surface area contributed by atoms with Gasteiger partial charge in [-0.3, -0.25) is 4.79 Å². The van der Waals surface area contributed by atoms with Crippen LogP contribution in [0.4, 0.5) is 17.6 Å². The van der Waals surface area contributed by atoms with Crippen LogP contribution in [0.3, 0.4) is 0 Å². The number of carboxylic acid groups (broad SMARTS) is 1. The van der Waals surface area contributed by atoms with Crippen molar-refractivity contribution >= 4 is 22.6 Å². The van der Waals surface area contributed by atoms with E-state index in [0.29, 0.717) is 21.9 Å². The lowest BCUT2D eigenvalue weighted by molar-refractivity contribution is -0.142. The lowest BCUT2D eigenvalue weighted by atomic mass is 9.86. The average Bonchev–Trinajstić information content (AvgIpc) is 2.75. The van der Waals surface area contributed by atoms with Crippen molar-refractivity contribution in [3.8, 4) is 5.75 Å². The Morgan fingerprint density at radius 3 is 2.20 bits per heavy atom. The maximum Gasteiger partial charge on any atom is 0.416 e. The molecule has 0 bridgehead atoms. The van der Waals surface area contributed by atoms with Crippen molar-refractivity contribution < 1.29 is 37.0 Å². The Hall–Kier alpha value is -3.62. The van der Waals surface area contributed by atoms with Gasteiger partial charge in [0.2, 0.25) is 0 Å². The fourth-order valence-electron chi connectivity index (χ4n) is 3.56. The first-order chi connectivity index (χ1) is 16.2. The van der Waals surface area contributed by atoms with E-state index in [1.54, 1.807) is 27.7 Å². The fourth-order valence-corrected chi connectivity index (χ4v) is 3.56. The molecule has 0 heterocycles. The Labute approximate surface area is 199 Å². The van der Waals surface area contributed by atoms with Crippen LogP contribution in [-0.4, -0.2) is 23.0 Å². The van der Waals surface area contributed by atoms with Crippen LogP contribution in [-0.2, 0) is 17.6 Å². The summed E-state index contributed by atoms with van der Waals surface area (Å²) in [5.41, 5.74) is -0.865. The monoisotopic (exact) mass is 491 g/mol. The van der Waals surface area contributed by atoms with Crippen molar-refractivity contribution in [1.82, 2.24) is 5.32 Å². The first kappa shape index (κ1) is 26.0. The van der Waals surface area contributed by atoms with E-state index >= 15 is 0 Å². The number of carboxylic acids is 1. The van der Waals surface area contributed by atoms with Crippen molar-refractivity contribution in [2.24, 2.45) is 5.41 Å². The number of aryl methyl sites for hydroxylation is 1. The Morgan fingerprint density at radius 2 is 1.66 bits per heavy atom. The number of aliphatic carboxylic acids is 1. The molecule has 5 nitrogen and oxygen atoms in total. The van der Waals surface area contributed by atoms with Gasteiger partial charge in [0.15, 0.2) is 0 Å². The van der Waals surface area contributed by atoms with E-state index in [4.69, 9.17) is 4.74 Å². The number of hydrogen-bond acceptors (Lipinski definition) is 3. The number of hydrogen-bond donors (Lipinski definition) is 2. The zero-order chi connectivity index (χ0) is 26.1. The Bertz CT molecular complexity index is 1260. The molecule has 0 spiro atoms. The lowest BCUT2D eigenvalue weighted by Crippen LogP contribution is -2.49. The number of alkyl halides is 3. The number of rotatable bonds is 6. The molecule has 0 aliphatic carbocycles. The van der Waals surface area contributed by atoms with Crippen LogP contribution in [0.25, 0.3) is 10.8 Å². The predicted octanol–water partition coefficient (Wildman–Crippen LogP) is 6.11. The molecular weight excluding hydrogens is 466 g/mol. The molecule has 1 atom stereocenters. The molecule has 0 unspecified atom stereocenters. The summed E-state index contributed by atoms with van der Waals surface area (Å²) >= 11 is 0.